The van der Waals surface area contributed by atoms with E-state index in [9.17, 15) is 35.4 Å². The fourth-order valence-corrected chi connectivity index (χ4v) is 6.79. The van der Waals surface area contributed by atoms with Gasteiger partial charge >= 0.3 is 6.18 Å². The topological polar surface area (TPSA) is 113 Å². The van der Waals surface area contributed by atoms with E-state index in [4.69, 9.17) is 0 Å². The summed E-state index contributed by atoms with van der Waals surface area (Å²) in [4.78, 5) is 26.9. The van der Waals surface area contributed by atoms with Crippen molar-refractivity contribution in [1.29, 1.82) is 0 Å². The van der Waals surface area contributed by atoms with Crippen molar-refractivity contribution in [3.63, 3.8) is 0 Å². The van der Waals surface area contributed by atoms with Crippen LogP contribution in [0.4, 0.5) is 13.2 Å². The number of benzene rings is 3. The van der Waals surface area contributed by atoms with Gasteiger partial charge in [-0.25, -0.2) is 12.6 Å². The van der Waals surface area contributed by atoms with Gasteiger partial charge in [0.25, 0.3) is 5.91 Å². The molecule has 3 aromatic rings. The molecule has 0 saturated carbocycles. The van der Waals surface area contributed by atoms with Gasteiger partial charge in [0.15, 0.2) is 20.8 Å². The highest BCUT2D eigenvalue weighted by molar-refractivity contribution is 7.90. The fourth-order valence-electron chi connectivity index (χ4n) is 4.95. The molecule has 2 amide bonds. The van der Waals surface area contributed by atoms with E-state index in [2.05, 4.69) is 10.6 Å². The number of alkyl halides is 3. The van der Waals surface area contributed by atoms with Gasteiger partial charge in [-0.2, -0.15) is 13.2 Å². The first-order valence-corrected chi connectivity index (χ1v) is 17.0. The maximum Gasteiger partial charge on any atom is 0.407 e. The third-order valence-corrected chi connectivity index (χ3v) is 9.77. The van der Waals surface area contributed by atoms with Crippen LogP contribution in [-0.2, 0) is 30.4 Å². The highest BCUT2D eigenvalue weighted by atomic mass is 32.2. The molecule has 13 heteroatoms. The molecule has 2 unspecified atom stereocenters. The van der Waals surface area contributed by atoms with Crippen LogP contribution in [-0.4, -0.2) is 59.8 Å². The minimum atomic E-state index is -4.75. The van der Waals surface area contributed by atoms with Crippen molar-refractivity contribution < 1.29 is 35.4 Å². The number of sulfone groups is 1. The summed E-state index contributed by atoms with van der Waals surface area (Å²) in [5.74, 6) is -1.46. The second-order valence-corrected chi connectivity index (χ2v) is 14.5. The van der Waals surface area contributed by atoms with Gasteiger partial charge in [-0.1, -0.05) is 68.4 Å². The average Bonchev–Trinajstić information content (AvgIpc) is 3.33. The summed E-state index contributed by atoms with van der Waals surface area (Å²) in [6.07, 6.45) is -3.42. The molecule has 0 bridgehead atoms. The highest BCUT2D eigenvalue weighted by Gasteiger charge is 2.44. The van der Waals surface area contributed by atoms with E-state index in [1.807, 2.05) is 0 Å². The number of amides is 2. The van der Waals surface area contributed by atoms with E-state index >= 15 is 0 Å². The van der Waals surface area contributed by atoms with Crippen molar-refractivity contribution in [2.75, 3.05) is 12.8 Å². The molecule has 3 aromatic carbocycles. The van der Waals surface area contributed by atoms with Gasteiger partial charge in [0.1, 0.15) is 12.1 Å². The molecule has 1 heterocycles. The molecule has 8 nitrogen and oxygen atoms in total. The third-order valence-electron chi connectivity index (χ3n) is 7.20. The molecular formula is C31H34F3N3O5S2. The van der Waals surface area contributed by atoms with Crippen LogP contribution in [0.25, 0.3) is 11.1 Å². The van der Waals surface area contributed by atoms with Crippen LogP contribution < -0.4 is 10.6 Å². The van der Waals surface area contributed by atoms with E-state index in [0.29, 0.717) is 16.0 Å². The van der Waals surface area contributed by atoms with Crippen molar-refractivity contribution >= 4 is 32.6 Å². The lowest BCUT2D eigenvalue weighted by atomic mass is 9.97. The summed E-state index contributed by atoms with van der Waals surface area (Å²) in [7, 11) is -5.16. The molecule has 1 aliphatic rings. The van der Waals surface area contributed by atoms with Crippen LogP contribution >= 0.6 is 0 Å². The smallest absolute Gasteiger partial charge is 0.343 e. The first-order valence-electron chi connectivity index (χ1n) is 14.0. The summed E-state index contributed by atoms with van der Waals surface area (Å²) in [5.41, 5.74) is 1.10. The van der Waals surface area contributed by atoms with Gasteiger partial charge in [0.05, 0.1) is 15.8 Å². The molecule has 0 spiro atoms. The lowest BCUT2D eigenvalue weighted by molar-refractivity contribution is -0.161. The van der Waals surface area contributed by atoms with Crippen LogP contribution in [0.1, 0.15) is 38.3 Å². The number of carbonyl (C=O) groups excluding carboxylic acids is 2. The minimum Gasteiger partial charge on any atom is -0.343 e. The number of hydrogen-bond acceptors (Lipinski definition) is 6. The Hall–Kier alpha value is -3.55. The van der Waals surface area contributed by atoms with Gasteiger partial charge in [-0.05, 0) is 59.7 Å². The normalized spacial score (nSPS) is 17.8. The molecule has 1 aliphatic heterocycles. The summed E-state index contributed by atoms with van der Waals surface area (Å²) in [6, 6.07) is 15.6. The standard InChI is InChI=1S/C31H34F3N3O5S2/c1-20(2)19-27(29(38)36-26-17-18-37(30(26)39)43(40)24-7-5-4-6-8-24)35-28(31(32,33)34)23-11-9-21(10-12-23)22-13-15-25(16-14-22)44(3,41)42/h4-16,20,26-28,35H,17-19H2,1-3H3,(H,36,38)/t26?,27-,28-,43?/m0/s1. The average molecular weight is 650 g/mol. The van der Waals surface area contributed by atoms with Crippen molar-refractivity contribution in [3.8, 4) is 11.1 Å². The lowest BCUT2D eigenvalue weighted by Gasteiger charge is -2.29. The van der Waals surface area contributed by atoms with E-state index < -0.39 is 56.9 Å². The number of nitrogens with zero attached hydrogens (tertiary/aromatic N) is 1. The summed E-state index contributed by atoms with van der Waals surface area (Å²) < 4.78 is 80.6. The zero-order valence-corrected chi connectivity index (χ0v) is 26.0. The summed E-state index contributed by atoms with van der Waals surface area (Å²) in [5, 5.41) is 5.07. The SMILES string of the molecule is CC(C)C[C@H](N[C@@H](c1ccc(-c2ccc(S(C)(=O)=O)cc2)cc1)C(F)(F)F)C(=O)NC1CCN(S(=O)c2ccccc2)C1=O. The van der Waals surface area contributed by atoms with Crippen molar-refractivity contribution in [2.45, 2.75) is 60.8 Å². The van der Waals surface area contributed by atoms with Crippen LogP contribution in [0, 0.1) is 5.92 Å². The Morgan fingerprint density at radius 1 is 0.977 bits per heavy atom. The Bertz CT molecular complexity index is 1600. The number of rotatable bonds is 11. The van der Waals surface area contributed by atoms with E-state index in [1.54, 1.807) is 56.3 Å². The highest BCUT2D eigenvalue weighted by Crippen LogP contribution is 2.35. The van der Waals surface area contributed by atoms with Crippen LogP contribution in [0.3, 0.4) is 0 Å². The first-order chi connectivity index (χ1) is 20.6. The lowest BCUT2D eigenvalue weighted by Crippen LogP contribution is -2.53. The molecule has 44 heavy (non-hydrogen) atoms. The zero-order valence-electron chi connectivity index (χ0n) is 24.4. The van der Waals surface area contributed by atoms with Crippen molar-refractivity contribution in [2.24, 2.45) is 5.92 Å². The predicted molar refractivity (Wildman–Crippen MR) is 161 cm³/mol. The molecule has 4 atom stereocenters. The second kappa shape index (κ2) is 13.6. The van der Waals surface area contributed by atoms with E-state index in [1.165, 1.54) is 36.4 Å². The van der Waals surface area contributed by atoms with Gasteiger partial charge in [0.2, 0.25) is 5.91 Å². The first kappa shape index (κ1) is 33.3. The summed E-state index contributed by atoms with van der Waals surface area (Å²) in [6.45, 7) is 3.68. The number of hydrogen-bond donors (Lipinski definition) is 2. The molecule has 1 fully saturated rings. The van der Waals surface area contributed by atoms with E-state index in [-0.39, 0.29) is 35.8 Å². The zero-order chi connectivity index (χ0) is 32.2. The molecule has 0 radical (unpaired) electrons. The monoisotopic (exact) mass is 649 g/mol. The quantitative estimate of drug-likeness (QED) is 0.309. The van der Waals surface area contributed by atoms with Gasteiger partial charge < -0.3 is 5.32 Å². The largest absolute Gasteiger partial charge is 0.407 e. The molecular weight excluding hydrogens is 615 g/mol. The maximum absolute atomic E-state index is 14.4. The number of nitrogens with one attached hydrogen (secondary N) is 2. The molecule has 1 saturated heterocycles. The predicted octanol–water partition coefficient (Wildman–Crippen LogP) is 4.80. The van der Waals surface area contributed by atoms with E-state index in [0.717, 1.165) is 10.6 Å². The Morgan fingerprint density at radius 2 is 1.55 bits per heavy atom. The van der Waals surface area contributed by atoms with Crippen LogP contribution in [0.5, 0.6) is 0 Å². The number of carbonyl (C=O) groups is 2. The van der Waals surface area contributed by atoms with Gasteiger partial charge in [0, 0.05) is 12.8 Å². The molecule has 236 valence electrons. The Morgan fingerprint density at radius 3 is 2.07 bits per heavy atom. The molecule has 4 rings (SSSR count). The maximum atomic E-state index is 14.4. The fraction of sp³-hybridized carbons (Fsp3) is 0.355. The third kappa shape index (κ3) is 8.13. The minimum absolute atomic E-state index is 0.0732. The summed E-state index contributed by atoms with van der Waals surface area (Å²) >= 11 is 0. The molecule has 2 N–H and O–H groups in total. The van der Waals surface area contributed by atoms with Gasteiger partial charge in [-0.3, -0.25) is 19.2 Å². The number of halogens is 3. The van der Waals surface area contributed by atoms with Crippen LogP contribution in [0.15, 0.2) is 88.7 Å². The van der Waals surface area contributed by atoms with Crippen molar-refractivity contribution in [1.82, 2.24) is 14.9 Å². The molecule has 0 aliphatic carbocycles. The Labute approximate surface area is 257 Å². The Kier molecular flexibility index (Phi) is 10.3. The van der Waals surface area contributed by atoms with Crippen LogP contribution in [0.2, 0.25) is 0 Å². The Balaban J connectivity index is 1.50. The van der Waals surface area contributed by atoms with Crippen molar-refractivity contribution in [3.05, 3.63) is 84.4 Å². The molecule has 0 aromatic heterocycles. The second-order valence-electron chi connectivity index (χ2n) is 11.1. The van der Waals surface area contributed by atoms with Gasteiger partial charge in [-0.15, -0.1) is 0 Å².